The van der Waals surface area contributed by atoms with E-state index in [1.165, 1.54) is 16.2 Å². The molecule has 0 saturated heterocycles. The van der Waals surface area contributed by atoms with Crippen LogP contribution in [0.5, 0.6) is 0 Å². The highest BCUT2D eigenvalue weighted by atomic mass is 35.5. The second kappa shape index (κ2) is 8.88. The lowest BCUT2D eigenvalue weighted by atomic mass is 10.2. The molecular weight excluding hydrogens is 334 g/mol. The van der Waals surface area contributed by atoms with E-state index in [1.807, 2.05) is 33.2 Å². The van der Waals surface area contributed by atoms with Gasteiger partial charge in [0.15, 0.2) is 6.54 Å². The first kappa shape index (κ1) is 19.3. The minimum Gasteiger partial charge on any atom is -0.378 e. The normalized spacial score (nSPS) is 11.9. The van der Waals surface area contributed by atoms with Crippen LogP contribution >= 0.6 is 11.6 Å². The Kier molecular flexibility index (Phi) is 6.85. The van der Waals surface area contributed by atoms with Crippen molar-refractivity contribution < 1.29 is 9.69 Å². The number of halogens is 1. The molecule has 0 aromatic heterocycles. The van der Waals surface area contributed by atoms with Crippen LogP contribution in [0.2, 0.25) is 5.02 Å². The van der Waals surface area contributed by atoms with Crippen LogP contribution in [0.1, 0.15) is 18.1 Å². The van der Waals surface area contributed by atoms with Crippen molar-refractivity contribution in [2.45, 2.75) is 20.4 Å². The predicted octanol–water partition coefficient (Wildman–Crippen LogP) is 2.76. The summed E-state index contributed by atoms with van der Waals surface area (Å²) in [6.45, 7) is 6.20. The van der Waals surface area contributed by atoms with E-state index >= 15 is 0 Å². The van der Waals surface area contributed by atoms with Gasteiger partial charge >= 0.3 is 0 Å². The summed E-state index contributed by atoms with van der Waals surface area (Å²) >= 11 is 6.02. The molecule has 2 aromatic carbocycles. The molecule has 4 nitrogen and oxygen atoms in total. The molecule has 0 aliphatic rings. The van der Waals surface area contributed by atoms with Gasteiger partial charge in [0.25, 0.3) is 5.91 Å². The maximum atomic E-state index is 12.4. The van der Waals surface area contributed by atoms with Crippen molar-refractivity contribution in [1.29, 1.82) is 0 Å². The number of likely N-dealkylation sites (N-methyl/N-ethyl adjacent to an activating group) is 1. The van der Waals surface area contributed by atoms with Crippen molar-refractivity contribution in [3.63, 3.8) is 0 Å². The van der Waals surface area contributed by atoms with Crippen LogP contribution in [0, 0.1) is 6.92 Å². The molecule has 1 atom stereocenters. The number of hydrogen-bond donors (Lipinski definition) is 2. The highest BCUT2D eigenvalue weighted by Crippen LogP contribution is 2.19. The molecule has 0 spiro atoms. The second-order valence-electron chi connectivity index (χ2n) is 6.53. The third-order valence-electron chi connectivity index (χ3n) is 4.29. The second-order valence-corrected chi connectivity index (χ2v) is 6.96. The molecule has 0 bridgehead atoms. The molecule has 0 heterocycles. The number of benzene rings is 2. The molecule has 5 heteroatoms. The molecule has 0 saturated carbocycles. The monoisotopic (exact) mass is 360 g/mol. The Hall–Kier alpha value is -2.04. The number of hydrogen-bond acceptors (Lipinski definition) is 2. The Balaban J connectivity index is 1.96. The van der Waals surface area contributed by atoms with Gasteiger partial charge < -0.3 is 15.1 Å². The minimum atomic E-state index is 0.00660. The van der Waals surface area contributed by atoms with E-state index in [1.54, 1.807) is 6.07 Å². The number of rotatable bonds is 7. The zero-order valence-corrected chi connectivity index (χ0v) is 16.2. The number of aryl methyl sites for hydroxylation is 1. The van der Waals surface area contributed by atoms with Crippen LogP contribution in [0.25, 0.3) is 0 Å². The fraction of sp³-hybridized carbons (Fsp3) is 0.350. The zero-order chi connectivity index (χ0) is 18.4. The van der Waals surface area contributed by atoms with Crippen molar-refractivity contribution in [3.05, 3.63) is 58.6 Å². The Morgan fingerprint density at radius 1 is 1.16 bits per heavy atom. The van der Waals surface area contributed by atoms with E-state index < -0.39 is 0 Å². The molecular formula is C20H27ClN3O+. The van der Waals surface area contributed by atoms with Gasteiger partial charge in [-0.3, -0.25) is 4.79 Å². The number of nitrogens with zero attached hydrogens (tertiary/aromatic N) is 1. The van der Waals surface area contributed by atoms with Crippen molar-refractivity contribution >= 4 is 28.9 Å². The van der Waals surface area contributed by atoms with Gasteiger partial charge in [0.05, 0.1) is 6.54 Å². The molecule has 1 amide bonds. The quantitative estimate of drug-likeness (QED) is 0.796. The van der Waals surface area contributed by atoms with Crippen LogP contribution in [0.3, 0.4) is 0 Å². The number of anilines is 2. The van der Waals surface area contributed by atoms with Gasteiger partial charge in [0, 0.05) is 36.1 Å². The predicted molar refractivity (Wildman–Crippen MR) is 106 cm³/mol. The summed E-state index contributed by atoms with van der Waals surface area (Å²) in [4.78, 5) is 15.7. The van der Waals surface area contributed by atoms with Gasteiger partial charge in [-0.2, -0.15) is 0 Å². The van der Waals surface area contributed by atoms with Crippen LogP contribution in [0.15, 0.2) is 42.5 Å². The summed E-state index contributed by atoms with van der Waals surface area (Å²) in [6, 6.07) is 14.0. The Bertz CT molecular complexity index is 713. The van der Waals surface area contributed by atoms with Gasteiger partial charge in [-0.05, 0) is 43.7 Å². The topological polar surface area (TPSA) is 36.8 Å². The molecule has 2 aromatic rings. The number of amides is 1. The average molecular weight is 361 g/mol. The van der Waals surface area contributed by atoms with Gasteiger partial charge in [0.1, 0.15) is 6.54 Å². The maximum absolute atomic E-state index is 12.4. The lowest BCUT2D eigenvalue weighted by Crippen LogP contribution is -3.11. The largest absolute Gasteiger partial charge is 0.378 e. The SMILES string of the molecule is CC[NH+](CC(=O)Nc1cc(Cl)ccc1C)Cc1ccc(N(C)C)cc1. The van der Waals surface area contributed by atoms with Gasteiger partial charge in [-0.15, -0.1) is 0 Å². The van der Waals surface area contributed by atoms with Gasteiger partial charge in [-0.25, -0.2) is 0 Å². The molecule has 0 aliphatic heterocycles. The van der Waals surface area contributed by atoms with Crippen LogP contribution in [-0.4, -0.2) is 33.1 Å². The first-order chi connectivity index (χ1) is 11.9. The van der Waals surface area contributed by atoms with Gasteiger partial charge in [0.2, 0.25) is 0 Å². The first-order valence-corrected chi connectivity index (χ1v) is 8.92. The third kappa shape index (κ3) is 5.76. The first-order valence-electron chi connectivity index (χ1n) is 8.55. The summed E-state index contributed by atoms with van der Waals surface area (Å²) < 4.78 is 0. The lowest BCUT2D eigenvalue weighted by molar-refractivity contribution is -0.903. The van der Waals surface area contributed by atoms with Crippen molar-refractivity contribution in [1.82, 2.24) is 0 Å². The number of carbonyl (C=O) groups is 1. The molecule has 25 heavy (non-hydrogen) atoms. The van der Waals surface area contributed by atoms with Crippen LogP contribution < -0.4 is 15.1 Å². The van der Waals surface area contributed by atoms with E-state index in [0.29, 0.717) is 11.6 Å². The number of nitrogens with one attached hydrogen (secondary N) is 2. The van der Waals surface area contributed by atoms with Crippen LogP contribution in [0.4, 0.5) is 11.4 Å². The van der Waals surface area contributed by atoms with Gasteiger partial charge in [-0.1, -0.05) is 29.8 Å². The fourth-order valence-corrected chi connectivity index (χ4v) is 2.84. The Morgan fingerprint density at radius 2 is 1.84 bits per heavy atom. The minimum absolute atomic E-state index is 0.00660. The zero-order valence-electron chi connectivity index (χ0n) is 15.4. The molecule has 0 fully saturated rings. The van der Waals surface area contributed by atoms with Crippen LogP contribution in [-0.2, 0) is 11.3 Å². The van der Waals surface area contributed by atoms with E-state index in [0.717, 1.165) is 24.3 Å². The van der Waals surface area contributed by atoms with Crippen molar-refractivity contribution in [3.8, 4) is 0 Å². The third-order valence-corrected chi connectivity index (χ3v) is 4.53. The average Bonchev–Trinajstić information content (AvgIpc) is 2.58. The fourth-order valence-electron chi connectivity index (χ4n) is 2.66. The lowest BCUT2D eigenvalue weighted by Gasteiger charge is -2.19. The summed E-state index contributed by atoms with van der Waals surface area (Å²) in [7, 11) is 4.06. The Morgan fingerprint density at radius 3 is 2.44 bits per heavy atom. The van der Waals surface area contributed by atoms with Crippen molar-refractivity contribution in [2.75, 3.05) is 37.4 Å². The molecule has 2 N–H and O–H groups in total. The standard InChI is InChI=1S/C20H26ClN3O/c1-5-24(13-16-7-10-18(11-8-16)23(3)4)14-20(25)22-19-12-17(21)9-6-15(19)2/h6-12H,5,13-14H2,1-4H3,(H,22,25)/p+1. The van der Waals surface area contributed by atoms with E-state index in [-0.39, 0.29) is 5.91 Å². The maximum Gasteiger partial charge on any atom is 0.279 e. The van der Waals surface area contributed by atoms with E-state index in [4.69, 9.17) is 11.6 Å². The molecule has 0 radical (unpaired) electrons. The highest BCUT2D eigenvalue weighted by molar-refractivity contribution is 6.31. The van der Waals surface area contributed by atoms with E-state index in [2.05, 4.69) is 41.4 Å². The molecule has 1 unspecified atom stereocenters. The highest BCUT2D eigenvalue weighted by Gasteiger charge is 2.14. The molecule has 134 valence electrons. The molecule has 0 aliphatic carbocycles. The number of carbonyl (C=O) groups excluding carboxylic acids is 1. The summed E-state index contributed by atoms with van der Waals surface area (Å²) in [6.07, 6.45) is 0. The smallest absolute Gasteiger partial charge is 0.279 e. The number of quaternary nitrogens is 1. The summed E-state index contributed by atoms with van der Waals surface area (Å²) in [5, 5.41) is 3.60. The van der Waals surface area contributed by atoms with E-state index in [9.17, 15) is 4.79 Å². The molecule has 2 rings (SSSR count). The summed E-state index contributed by atoms with van der Waals surface area (Å²) in [5.74, 6) is 0.00660. The summed E-state index contributed by atoms with van der Waals surface area (Å²) in [5.41, 5.74) is 4.20. The van der Waals surface area contributed by atoms with Crippen molar-refractivity contribution in [2.24, 2.45) is 0 Å². The Labute approximate surface area is 155 Å².